The zero-order valence-electron chi connectivity index (χ0n) is 16.0. The van der Waals surface area contributed by atoms with Gasteiger partial charge in [0.25, 0.3) is 11.5 Å². The van der Waals surface area contributed by atoms with Gasteiger partial charge in [-0.3, -0.25) is 18.7 Å². The van der Waals surface area contributed by atoms with E-state index >= 15 is 0 Å². The Kier molecular flexibility index (Phi) is 4.97. The van der Waals surface area contributed by atoms with E-state index in [9.17, 15) is 14.4 Å². The van der Waals surface area contributed by atoms with Crippen LogP contribution >= 0.6 is 11.6 Å². The van der Waals surface area contributed by atoms with Crippen molar-refractivity contribution in [3.63, 3.8) is 0 Å². The van der Waals surface area contributed by atoms with Crippen molar-refractivity contribution in [2.24, 2.45) is 14.1 Å². The molecule has 1 aromatic carbocycles. The maximum Gasteiger partial charge on any atom is 0.332 e. The van der Waals surface area contributed by atoms with Crippen LogP contribution in [0.1, 0.15) is 22.2 Å². The molecule has 150 valence electrons. The Balaban J connectivity index is 1.65. The summed E-state index contributed by atoms with van der Waals surface area (Å²) in [5.41, 5.74) is 0.366. The van der Waals surface area contributed by atoms with Gasteiger partial charge in [0.05, 0.1) is 18.5 Å². The summed E-state index contributed by atoms with van der Waals surface area (Å²) in [6, 6.07) is 10.4. The number of fused-ring (bicyclic) bond motifs is 1. The SMILES string of the molecule is Cn1c(=O)c2ccc(C(=O)N3CCOC(c4ccc(Cl)cc4)C3)nc2n(C)c1=O. The molecule has 29 heavy (non-hydrogen) atoms. The standard InChI is InChI=1S/C20H19ClN4O4/c1-23-17-14(18(26)24(2)20(23)28)7-8-15(22-17)19(27)25-9-10-29-16(11-25)12-3-5-13(21)6-4-12/h3-8,16H,9-11H2,1-2H3. The molecule has 1 fully saturated rings. The minimum Gasteiger partial charge on any atom is -0.370 e. The van der Waals surface area contributed by atoms with Crippen molar-refractivity contribution in [3.8, 4) is 0 Å². The van der Waals surface area contributed by atoms with Crippen molar-refractivity contribution in [1.29, 1.82) is 0 Å². The molecule has 1 saturated heterocycles. The number of amides is 1. The van der Waals surface area contributed by atoms with Crippen molar-refractivity contribution < 1.29 is 9.53 Å². The third-order valence-electron chi connectivity index (χ3n) is 5.12. The Morgan fingerprint density at radius 3 is 2.55 bits per heavy atom. The lowest BCUT2D eigenvalue weighted by Crippen LogP contribution is -2.43. The first-order valence-electron chi connectivity index (χ1n) is 9.10. The molecule has 2 aromatic heterocycles. The molecule has 4 rings (SSSR count). The molecular weight excluding hydrogens is 396 g/mol. The molecule has 1 aliphatic heterocycles. The van der Waals surface area contributed by atoms with Crippen LogP contribution in [0.3, 0.4) is 0 Å². The molecule has 1 amide bonds. The molecule has 0 radical (unpaired) electrons. The number of morpholine rings is 1. The molecule has 1 aliphatic rings. The number of aryl methyl sites for hydroxylation is 1. The van der Waals surface area contributed by atoms with E-state index in [-0.39, 0.29) is 28.7 Å². The van der Waals surface area contributed by atoms with Gasteiger partial charge >= 0.3 is 5.69 Å². The third-order valence-corrected chi connectivity index (χ3v) is 5.37. The van der Waals surface area contributed by atoms with Crippen molar-refractivity contribution in [2.75, 3.05) is 19.7 Å². The highest BCUT2D eigenvalue weighted by molar-refractivity contribution is 6.30. The summed E-state index contributed by atoms with van der Waals surface area (Å²) in [6.45, 7) is 1.19. The molecule has 3 aromatic rings. The van der Waals surface area contributed by atoms with E-state index < -0.39 is 11.2 Å². The normalized spacial score (nSPS) is 16.9. The van der Waals surface area contributed by atoms with Crippen LogP contribution in [0.4, 0.5) is 0 Å². The summed E-state index contributed by atoms with van der Waals surface area (Å²) >= 11 is 5.94. The summed E-state index contributed by atoms with van der Waals surface area (Å²) in [5, 5.41) is 0.918. The van der Waals surface area contributed by atoms with Crippen molar-refractivity contribution in [2.45, 2.75) is 6.10 Å². The Morgan fingerprint density at radius 2 is 1.83 bits per heavy atom. The lowest BCUT2D eigenvalue weighted by Gasteiger charge is -2.33. The van der Waals surface area contributed by atoms with Crippen LogP contribution in [-0.4, -0.2) is 44.6 Å². The second kappa shape index (κ2) is 7.46. The Morgan fingerprint density at radius 1 is 1.10 bits per heavy atom. The van der Waals surface area contributed by atoms with Gasteiger partial charge < -0.3 is 9.64 Å². The second-order valence-corrected chi connectivity index (χ2v) is 7.37. The maximum atomic E-state index is 13.0. The van der Waals surface area contributed by atoms with Gasteiger partial charge in [-0.15, -0.1) is 0 Å². The number of carbonyl (C=O) groups is 1. The quantitative estimate of drug-likeness (QED) is 0.634. The Labute approximate surface area is 170 Å². The van der Waals surface area contributed by atoms with Crippen LogP contribution in [-0.2, 0) is 18.8 Å². The fourth-order valence-electron chi connectivity index (χ4n) is 3.45. The van der Waals surface area contributed by atoms with Crippen molar-refractivity contribution in [3.05, 3.63) is 73.5 Å². The summed E-state index contributed by atoms with van der Waals surface area (Å²) in [7, 11) is 2.93. The molecule has 9 heteroatoms. The zero-order valence-corrected chi connectivity index (χ0v) is 16.7. The van der Waals surface area contributed by atoms with Gasteiger partial charge in [0.2, 0.25) is 0 Å². The fraction of sp³-hybridized carbons (Fsp3) is 0.300. The van der Waals surface area contributed by atoms with Gasteiger partial charge in [-0.1, -0.05) is 23.7 Å². The summed E-state index contributed by atoms with van der Waals surface area (Å²) in [4.78, 5) is 43.5. The van der Waals surface area contributed by atoms with Crippen LogP contribution in [0, 0.1) is 0 Å². The predicted octanol–water partition coefficient (Wildman–Crippen LogP) is 1.50. The zero-order chi connectivity index (χ0) is 20.7. The van der Waals surface area contributed by atoms with Crippen molar-refractivity contribution >= 4 is 28.5 Å². The highest BCUT2D eigenvalue weighted by Gasteiger charge is 2.27. The van der Waals surface area contributed by atoms with E-state index in [1.165, 1.54) is 30.8 Å². The molecule has 0 bridgehead atoms. The van der Waals surface area contributed by atoms with Gasteiger partial charge in [-0.25, -0.2) is 9.78 Å². The molecule has 0 N–H and O–H groups in total. The van der Waals surface area contributed by atoms with E-state index in [4.69, 9.17) is 16.3 Å². The second-order valence-electron chi connectivity index (χ2n) is 6.94. The van der Waals surface area contributed by atoms with Crippen molar-refractivity contribution in [1.82, 2.24) is 19.0 Å². The monoisotopic (exact) mass is 414 g/mol. The number of aromatic nitrogens is 3. The number of rotatable bonds is 2. The average Bonchev–Trinajstić information content (AvgIpc) is 2.76. The first kappa shape index (κ1) is 19.4. The topological polar surface area (TPSA) is 86.4 Å². The number of carbonyl (C=O) groups excluding carboxylic acids is 1. The van der Waals surface area contributed by atoms with Crippen LogP contribution in [0.25, 0.3) is 11.0 Å². The molecule has 0 aliphatic carbocycles. The number of nitrogens with zero attached hydrogens (tertiary/aromatic N) is 4. The molecule has 3 heterocycles. The fourth-order valence-corrected chi connectivity index (χ4v) is 3.57. The van der Waals surface area contributed by atoms with Gasteiger partial charge in [-0.05, 0) is 29.8 Å². The van der Waals surface area contributed by atoms with Crippen LogP contribution < -0.4 is 11.2 Å². The maximum absolute atomic E-state index is 13.0. The predicted molar refractivity (Wildman–Crippen MR) is 108 cm³/mol. The van der Waals surface area contributed by atoms with E-state index in [1.807, 2.05) is 12.1 Å². The van der Waals surface area contributed by atoms with E-state index in [1.54, 1.807) is 17.0 Å². The first-order chi connectivity index (χ1) is 13.9. The third kappa shape index (κ3) is 3.45. The Bertz CT molecular complexity index is 1220. The number of halogens is 1. The van der Waals surface area contributed by atoms with Crippen LogP contribution in [0.15, 0.2) is 46.0 Å². The highest BCUT2D eigenvalue weighted by atomic mass is 35.5. The highest BCUT2D eigenvalue weighted by Crippen LogP contribution is 2.24. The lowest BCUT2D eigenvalue weighted by atomic mass is 10.1. The largest absolute Gasteiger partial charge is 0.370 e. The van der Waals surface area contributed by atoms with Gasteiger partial charge in [0.15, 0.2) is 0 Å². The number of ether oxygens (including phenoxy) is 1. The van der Waals surface area contributed by atoms with Crippen LogP contribution in [0.5, 0.6) is 0 Å². The lowest BCUT2D eigenvalue weighted by molar-refractivity contribution is -0.0230. The molecule has 0 spiro atoms. The van der Waals surface area contributed by atoms with Crippen LogP contribution in [0.2, 0.25) is 5.02 Å². The molecule has 1 atom stereocenters. The van der Waals surface area contributed by atoms with Gasteiger partial charge in [0.1, 0.15) is 17.4 Å². The molecule has 1 unspecified atom stereocenters. The summed E-state index contributed by atoms with van der Waals surface area (Å²) in [6.07, 6.45) is -0.262. The minimum absolute atomic E-state index is 0.178. The minimum atomic E-state index is -0.492. The smallest absolute Gasteiger partial charge is 0.332 e. The molecule has 8 nitrogen and oxygen atoms in total. The molecular formula is C20H19ClN4O4. The summed E-state index contributed by atoms with van der Waals surface area (Å²) < 4.78 is 8.09. The number of hydrogen-bond acceptors (Lipinski definition) is 5. The van der Waals surface area contributed by atoms with E-state index in [0.717, 1.165) is 10.1 Å². The van der Waals surface area contributed by atoms with Gasteiger partial charge in [-0.2, -0.15) is 0 Å². The Hall–Kier alpha value is -2.97. The average molecular weight is 415 g/mol. The van der Waals surface area contributed by atoms with Gasteiger partial charge in [0, 0.05) is 25.7 Å². The number of pyridine rings is 1. The number of benzene rings is 1. The van der Waals surface area contributed by atoms with E-state index in [2.05, 4.69) is 4.98 Å². The first-order valence-corrected chi connectivity index (χ1v) is 9.47. The summed E-state index contributed by atoms with van der Waals surface area (Å²) in [5.74, 6) is -0.276. The molecule has 0 saturated carbocycles. The van der Waals surface area contributed by atoms with E-state index in [0.29, 0.717) is 24.7 Å². The number of hydrogen-bond donors (Lipinski definition) is 0.